The van der Waals surface area contributed by atoms with E-state index in [1.165, 1.54) is 23.0 Å². The zero-order valence-electron chi connectivity index (χ0n) is 20.7. The van der Waals surface area contributed by atoms with E-state index in [2.05, 4.69) is 25.4 Å². The molecule has 0 aromatic carbocycles. The number of aliphatic hydroxyl groups is 1. The highest BCUT2D eigenvalue weighted by molar-refractivity contribution is 7.89. The number of aliphatic hydroxyl groups excluding tert-OH is 1. The van der Waals surface area contributed by atoms with Gasteiger partial charge in [0.1, 0.15) is 5.56 Å². The lowest BCUT2D eigenvalue weighted by molar-refractivity contribution is -0.137. The van der Waals surface area contributed by atoms with Gasteiger partial charge in [-0.1, -0.05) is 0 Å². The van der Waals surface area contributed by atoms with Gasteiger partial charge in [0.25, 0.3) is 10.0 Å². The molecule has 2 N–H and O–H groups in total. The summed E-state index contributed by atoms with van der Waals surface area (Å²) in [6, 6.07) is -0.209. The molecule has 0 atom stereocenters. The summed E-state index contributed by atoms with van der Waals surface area (Å²) in [6.07, 6.45) is 5.03. The Balaban J connectivity index is 1.31. The van der Waals surface area contributed by atoms with Gasteiger partial charge in [0.15, 0.2) is 5.03 Å². The van der Waals surface area contributed by atoms with Gasteiger partial charge in [-0.15, -0.1) is 0 Å². The van der Waals surface area contributed by atoms with Gasteiger partial charge in [-0.3, -0.25) is 4.68 Å². The standard InChI is InChI=1S/C23H29F3N8O3S/c1-32-13-20(28-14-32)38(36,37)33-8-6-16(7-9-33)30-22-27-11-19(23(24,25)26)21(31-22)15-10-29-34(12-15)17-2-4-18(35)5-3-17/h10-14,16-18,35H,2-9H2,1H3,(H,27,30,31). The average molecular weight is 555 g/mol. The third-order valence-electron chi connectivity index (χ3n) is 7.08. The van der Waals surface area contributed by atoms with Gasteiger partial charge < -0.3 is 15.0 Å². The minimum absolute atomic E-state index is 0.00784. The maximum atomic E-state index is 13.8. The van der Waals surface area contributed by atoms with Crippen LogP contribution in [-0.2, 0) is 23.2 Å². The number of imidazole rings is 1. The molecular formula is C23H29F3N8O3S. The molecule has 1 aliphatic carbocycles. The van der Waals surface area contributed by atoms with Crippen molar-refractivity contribution in [3.8, 4) is 11.3 Å². The van der Waals surface area contributed by atoms with E-state index < -0.39 is 21.8 Å². The largest absolute Gasteiger partial charge is 0.419 e. The predicted molar refractivity (Wildman–Crippen MR) is 130 cm³/mol. The van der Waals surface area contributed by atoms with Crippen molar-refractivity contribution in [2.24, 2.45) is 7.05 Å². The number of piperidine rings is 1. The van der Waals surface area contributed by atoms with E-state index in [4.69, 9.17) is 0 Å². The van der Waals surface area contributed by atoms with Gasteiger partial charge in [-0.2, -0.15) is 22.6 Å². The van der Waals surface area contributed by atoms with Crippen molar-refractivity contribution < 1.29 is 26.7 Å². The minimum atomic E-state index is -4.66. The van der Waals surface area contributed by atoms with Gasteiger partial charge >= 0.3 is 6.18 Å². The molecule has 0 radical (unpaired) electrons. The highest BCUT2D eigenvalue weighted by Crippen LogP contribution is 2.37. The Morgan fingerprint density at radius 1 is 1.03 bits per heavy atom. The van der Waals surface area contributed by atoms with Crippen molar-refractivity contribution in [2.45, 2.75) is 67.9 Å². The molecule has 0 bridgehead atoms. The van der Waals surface area contributed by atoms with Crippen LogP contribution in [0.15, 0.2) is 36.1 Å². The molecule has 2 aliphatic rings. The summed E-state index contributed by atoms with van der Waals surface area (Å²) in [5, 5.41) is 17.1. The molecule has 4 heterocycles. The third-order valence-corrected chi connectivity index (χ3v) is 8.87. The smallest absolute Gasteiger partial charge is 0.393 e. The molecule has 0 spiro atoms. The zero-order valence-corrected chi connectivity index (χ0v) is 21.5. The van der Waals surface area contributed by atoms with Gasteiger partial charge in [0.2, 0.25) is 5.95 Å². The number of rotatable bonds is 6. The highest BCUT2D eigenvalue weighted by atomic mass is 32.2. The topological polar surface area (TPSA) is 131 Å². The fourth-order valence-electron chi connectivity index (χ4n) is 4.94. The monoisotopic (exact) mass is 554 g/mol. The van der Waals surface area contributed by atoms with Gasteiger partial charge in [-0.25, -0.2) is 23.4 Å². The lowest BCUT2D eigenvalue weighted by Gasteiger charge is -2.31. The number of hydrogen-bond donors (Lipinski definition) is 2. The molecule has 15 heteroatoms. The van der Waals surface area contributed by atoms with Crippen LogP contribution < -0.4 is 5.32 Å². The van der Waals surface area contributed by atoms with Crippen LogP contribution in [0.4, 0.5) is 19.1 Å². The zero-order chi connectivity index (χ0) is 27.1. The Morgan fingerprint density at radius 2 is 1.74 bits per heavy atom. The second-order valence-electron chi connectivity index (χ2n) is 9.83. The fourth-order valence-corrected chi connectivity index (χ4v) is 6.37. The van der Waals surface area contributed by atoms with E-state index >= 15 is 0 Å². The van der Waals surface area contributed by atoms with Gasteiger partial charge in [0.05, 0.1) is 30.4 Å². The van der Waals surface area contributed by atoms with Crippen molar-refractivity contribution in [3.63, 3.8) is 0 Å². The van der Waals surface area contributed by atoms with Crippen molar-refractivity contribution >= 4 is 16.0 Å². The average Bonchev–Trinajstić information content (AvgIpc) is 3.54. The lowest BCUT2D eigenvalue weighted by atomic mass is 9.93. The highest BCUT2D eigenvalue weighted by Gasteiger charge is 2.37. The Hall–Kier alpha value is -3.04. The number of halogens is 3. The molecular weight excluding hydrogens is 525 g/mol. The van der Waals surface area contributed by atoms with E-state index in [1.807, 2.05) is 0 Å². The number of hydrogen-bond acceptors (Lipinski definition) is 8. The Kier molecular flexibility index (Phi) is 7.17. The SMILES string of the molecule is Cn1cnc(S(=O)(=O)N2CCC(Nc3ncc(C(F)(F)F)c(-c4cnn(C5CCC(O)CC5)c4)n3)CC2)c1. The molecule has 1 saturated heterocycles. The maximum absolute atomic E-state index is 13.8. The van der Waals surface area contributed by atoms with E-state index in [-0.39, 0.29) is 53.5 Å². The number of aryl methyl sites for hydroxylation is 1. The van der Waals surface area contributed by atoms with Crippen LogP contribution in [0.3, 0.4) is 0 Å². The van der Waals surface area contributed by atoms with Crippen LogP contribution in [-0.4, -0.2) is 72.4 Å². The Bertz CT molecular complexity index is 1370. The molecule has 0 unspecified atom stereocenters. The van der Waals surface area contributed by atoms with Crippen LogP contribution in [0, 0.1) is 0 Å². The second kappa shape index (κ2) is 10.3. The summed E-state index contributed by atoms with van der Waals surface area (Å²) in [4.78, 5) is 12.1. The summed E-state index contributed by atoms with van der Waals surface area (Å²) in [7, 11) is -2.03. The number of sulfonamides is 1. The van der Waals surface area contributed by atoms with E-state index in [9.17, 15) is 26.7 Å². The van der Waals surface area contributed by atoms with Crippen LogP contribution in [0.2, 0.25) is 0 Å². The molecule has 38 heavy (non-hydrogen) atoms. The maximum Gasteiger partial charge on any atom is 0.419 e. The van der Waals surface area contributed by atoms with E-state index in [1.54, 1.807) is 22.5 Å². The van der Waals surface area contributed by atoms with Crippen molar-refractivity contribution in [1.82, 2.24) is 33.6 Å². The summed E-state index contributed by atoms with van der Waals surface area (Å²) in [6.45, 7) is 0.458. The molecule has 5 rings (SSSR count). The van der Waals surface area contributed by atoms with Crippen molar-refractivity contribution in [2.75, 3.05) is 18.4 Å². The fraction of sp³-hybridized carbons (Fsp3) is 0.565. The second-order valence-corrected chi connectivity index (χ2v) is 11.7. The minimum Gasteiger partial charge on any atom is -0.393 e. The molecule has 2 fully saturated rings. The van der Waals surface area contributed by atoms with Crippen LogP contribution >= 0.6 is 0 Å². The summed E-state index contributed by atoms with van der Waals surface area (Å²) in [5.74, 6) is 0.0348. The van der Waals surface area contributed by atoms with Crippen molar-refractivity contribution in [1.29, 1.82) is 0 Å². The molecule has 206 valence electrons. The van der Waals surface area contributed by atoms with Gasteiger partial charge in [0, 0.05) is 50.3 Å². The van der Waals surface area contributed by atoms with E-state index in [0.717, 1.165) is 6.20 Å². The summed E-state index contributed by atoms with van der Waals surface area (Å²) >= 11 is 0. The number of nitrogens with one attached hydrogen (secondary N) is 1. The number of anilines is 1. The quantitative estimate of drug-likeness (QED) is 0.476. The van der Waals surface area contributed by atoms with Crippen LogP contribution in [0.1, 0.15) is 50.1 Å². The van der Waals surface area contributed by atoms with E-state index in [0.29, 0.717) is 38.5 Å². The molecule has 1 aliphatic heterocycles. The first-order chi connectivity index (χ1) is 18.0. The Labute approximate surface area is 217 Å². The molecule has 3 aromatic rings. The number of aromatic nitrogens is 6. The molecule has 0 amide bonds. The van der Waals surface area contributed by atoms with Crippen LogP contribution in [0.5, 0.6) is 0 Å². The summed E-state index contributed by atoms with van der Waals surface area (Å²) < 4.78 is 71.6. The first-order valence-electron chi connectivity index (χ1n) is 12.4. The number of nitrogens with zero attached hydrogens (tertiary/aromatic N) is 7. The molecule has 3 aromatic heterocycles. The predicted octanol–water partition coefficient (Wildman–Crippen LogP) is 2.83. The number of alkyl halides is 3. The normalized spacial score (nSPS) is 22.0. The first-order valence-corrected chi connectivity index (χ1v) is 13.9. The third kappa shape index (κ3) is 5.54. The lowest BCUT2D eigenvalue weighted by Crippen LogP contribution is -2.42. The summed E-state index contributed by atoms with van der Waals surface area (Å²) in [5.41, 5.74) is -1.00. The first kappa shape index (κ1) is 26.6. The van der Waals surface area contributed by atoms with Crippen LogP contribution in [0.25, 0.3) is 11.3 Å². The molecule has 1 saturated carbocycles. The van der Waals surface area contributed by atoms with Gasteiger partial charge in [-0.05, 0) is 38.5 Å². The molecule has 11 nitrogen and oxygen atoms in total. The van der Waals surface area contributed by atoms with Crippen molar-refractivity contribution in [3.05, 3.63) is 36.7 Å². The Morgan fingerprint density at radius 3 is 2.37 bits per heavy atom.